The molecule has 6 atom stereocenters. The number of aliphatic carboxylic acids is 1. The first-order valence-corrected chi connectivity index (χ1v) is 11.8. The molecule has 1 saturated carbocycles. The summed E-state index contributed by atoms with van der Waals surface area (Å²) in [5, 5.41) is 34.9. The van der Waals surface area contributed by atoms with Crippen molar-refractivity contribution in [3.05, 3.63) is 77.6 Å². The van der Waals surface area contributed by atoms with Gasteiger partial charge in [-0.2, -0.15) is 0 Å². The molecule has 3 N–H and O–H groups in total. The summed E-state index contributed by atoms with van der Waals surface area (Å²) in [5.41, 5.74) is -3.89. The molecule has 2 aromatic rings. The van der Waals surface area contributed by atoms with Crippen molar-refractivity contribution in [2.24, 2.45) is 11.3 Å². The Morgan fingerprint density at radius 1 is 1.08 bits per heavy atom. The topological polar surface area (TPSA) is 115 Å². The summed E-state index contributed by atoms with van der Waals surface area (Å²) < 4.78 is 23.2. The van der Waals surface area contributed by atoms with E-state index in [2.05, 4.69) is 0 Å². The summed E-state index contributed by atoms with van der Waals surface area (Å²) in [6, 6.07) is 12.3. The molecule has 1 fully saturated rings. The lowest BCUT2D eigenvalue weighted by Gasteiger charge is -2.51. The van der Waals surface area contributed by atoms with E-state index in [1.54, 1.807) is 49.6 Å². The van der Waals surface area contributed by atoms with Crippen LogP contribution in [0.4, 0.5) is 0 Å². The number of hydrogen-bond acceptors (Lipinski definition) is 7. The van der Waals surface area contributed by atoms with E-state index in [4.69, 9.17) is 18.9 Å². The van der Waals surface area contributed by atoms with Crippen molar-refractivity contribution < 1.29 is 39.1 Å². The number of hydrogen-bond donors (Lipinski definition) is 3. The van der Waals surface area contributed by atoms with Gasteiger partial charge in [-0.1, -0.05) is 43.3 Å². The molecule has 0 radical (unpaired) electrons. The van der Waals surface area contributed by atoms with Crippen LogP contribution in [0.15, 0.2) is 66.5 Å². The summed E-state index contributed by atoms with van der Waals surface area (Å²) in [6.07, 6.45) is 4.19. The third kappa shape index (κ3) is 2.91. The number of allylic oxidation sites excluding steroid dienone is 2. The van der Waals surface area contributed by atoms with Crippen LogP contribution >= 0.6 is 0 Å². The molecule has 0 amide bonds. The lowest BCUT2D eigenvalue weighted by Crippen LogP contribution is -2.63. The second-order valence-electron chi connectivity index (χ2n) is 9.77. The van der Waals surface area contributed by atoms with Gasteiger partial charge in [-0.05, 0) is 24.1 Å². The summed E-state index contributed by atoms with van der Waals surface area (Å²) in [7, 11) is 4.52. The van der Waals surface area contributed by atoms with Crippen molar-refractivity contribution in [2.75, 3.05) is 21.3 Å². The minimum atomic E-state index is -2.14. The molecule has 36 heavy (non-hydrogen) atoms. The molecule has 2 aromatic carbocycles. The second kappa shape index (κ2) is 8.28. The van der Waals surface area contributed by atoms with Crippen LogP contribution in [-0.4, -0.2) is 54.3 Å². The third-order valence-corrected chi connectivity index (χ3v) is 8.15. The molecular formula is C28H30O8. The number of fused-ring (bicyclic) bond motifs is 3. The molecule has 8 nitrogen and oxygen atoms in total. The molecule has 0 bridgehead atoms. The Bertz CT molecular complexity index is 1250. The zero-order chi connectivity index (χ0) is 25.9. The minimum Gasteiger partial charge on any atom is -0.497 e. The quantitative estimate of drug-likeness (QED) is 0.560. The SMILES string of the molecule is COC1=CCC(C)([C@@]23Oc4cc(OC)cc(OC)c4[C@]2(O)[C@H](O)[C@H](C(=O)O)[C@H]3c2ccccc2)C=C1. The van der Waals surface area contributed by atoms with Gasteiger partial charge in [0.15, 0.2) is 11.2 Å². The van der Waals surface area contributed by atoms with Gasteiger partial charge < -0.3 is 34.3 Å². The lowest BCUT2D eigenvalue weighted by atomic mass is 9.57. The van der Waals surface area contributed by atoms with Gasteiger partial charge in [0.05, 0.1) is 32.8 Å². The van der Waals surface area contributed by atoms with Crippen LogP contribution in [0.3, 0.4) is 0 Å². The zero-order valence-electron chi connectivity index (χ0n) is 20.6. The standard InChI is InChI=1S/C28H30O8/c1-26(12-10-17(33-2)11-13-26)28-22(16-8-6-5-7-9-16)21(25(30)31)24(29)27(28,32)23-19(35-4)14-18(34-3)15-20(23)36-28/h5-12,14-15,21-22,24,29,32H,13H2,1-4H3,(H,30,31)/t21-,22-,24-,26?,27+,28-/m1/s1. The molecule has 1 heterocycles. The molecule has 1 aliphatic heterocycles. The molecule has 5 rings (SSSR count). The monoisotopic (exact) mass is 494 g/mol. The van der Waals surface area contributed by atoms with Gasteiger partial charge in [-0.25, -0.2) is 0 Å². The maximum atomic E-state index is 12.7. The van der Waals surface area contributed by atoms with Crippen molar-refractivity contribution >= 4 is 5.97 Å². The van der Waals surface area contributed by atoms with Crippen LogP contribution in [0.1, 0.15) is 30.4 Å². The van der Waals surface area contributed by atoms with Crippen LogP contribution in [0.2, 0.25) is 0 Å². The van der Waals surface area contributed by atoms with Gasteiger partial charge in [0.25, 0.3) is 0 Å². The molecule has 0 aromatic heterocycles. The Hall–Kier alpha value is -3.49. The predicted molar refractivity (Wildman–Crippen MR) is 130 cm³/mol. The van der Waals surface area contributed by atoms with Crippen molar-refractivity contribution in [1.29, 1.82) is 0 Å². The van der Waals surface area contributed by atoms with Crippen molar-refractivity contribution in [1.82, 2.24) is 0 Å². The summed E-state index contributed by atoms with van der Waals surface area (Å²) in [5.74, 6) is -1.92. The van der Waals surface area contributed by atoms with Gasteiger partial charge in [0.2, 0.25) is 0 Å². The predicted octanol–water partition coefficient (Wildman–Crippen LogP) is 3.38. The molecule has 1 unspecified atom stereocenters. The van der Waals surface area contributed by atoms with Crippen LogP contribution < -0.4 is 14.2 Å². The van der Waals surface area contributed by atoms with E-state index in [9.17, 15) is 20.1 Å². The highest BCUT2D eigenvalue weighted by Gasteiger charge is 2.81. The average molecular weight is 495 g/mol. The van der Waals surface area contributed by atoms with E-state index in [1.807, 2.05) is 25.1 Å². The Morgan fingerprint density at radius 2 is 1.81 bits per heavy atom. The Labute approximate surface area is 209 Å². The van der Waals surface area contributed by atoms with E-state index in [0.29, 0.717) is 23.5 Å². The average Bonchev–Trinajstić information content (AvgIpc) is 3.28. The number of rotatable bonds is 6. The fourth-order valence-corrected chi connectivity index (χ4v) is 6.53. The highest BCUT2D eigenvalue weighted by molar-refractivity contribution is 5.76. The van der Waals surface area contributed by atoms with Gasteiger partial charge in [-0.15, -0.1) is 0 Å². The fraction of sp³-hybridized carbons (Fsp3) is 0.393. The number of ether oxygens (including phenoxy) is 4. The molecule has 0 saturated heterocycles. The van der Waals surface area contributed by atoms with Gasteiger partial charge in [0, 0.05) is 23.5 Å². The first-order valence-electron chi connectivity index (χ1n) is 11.8. The van der Waals surface area contributed by atoms with Crippen LogP contribution in [0.25, 0.3) is 0 Å². The normalized spacial score (nSPS) is 34.3. The summed E-state index contributed by atoms with van der Waals surface area (Å²) in [6.45, 7) is 1.90. The Balaban J connectivity index is 1.87. The number of aliphatic hydroxyl groups excluding tert-OH is 1. The molecular weight excluding hydrogens is 464 g/mol. The fourth-order valence-electron chi connectivity index (χ4n) is 6.53. The maximum absolute atomic E-state index is 12.7. The largest absolute Gasteiger partial charge is 0.497 e. The number of carbonyl (C=O) groups is 1. The number of carboxylic acid groups (broad SMARTS) is 1. The van der Waals surface area contributed by atoms with E-state index in [1.165, 1.54) is 14.2 Å². The Morgan fingerprint density at radius 3 is 2.36 bits per heavy atom. The van der Waals surface area contributed by atoms with Crippen molar-refractivity contribution in [3.8, 4) is 17.2 Å². The van der Waals surface area contributed by atoms with Gasteiger partial charge in [-0.3, -0.25) is 4.79 Å². The lowest BCUT2D eigenvalue weighted by molar-refractivity contribution is -0.185. The number of methoxy groups -OCH3 is 3. The maximum Gasteiger partial charge on any atom is 0.310 e. The summed E-state index contributed by atoms with van der Waals surface area (Å²) >= 11 is 0. The molecule has 8 heteroatoms. The van der Waals surface area contributed by atoms with Gasteiger partial charge >= 0.3 is 5.97 Å². The molecule has 190 valence electrons. The molecule has 3 aliphatic rings. The highest BCUT2D eigenvalue weighted by atomic mass is 16.5. The number of benzene rings is 2. The van der Waals surface area contributed by atoms with E-state index in [-0.39, 0.29) is 17.1 Å². The first-order chi connectivity index (χ1) is 17.2. The van der Waals surface area contributed by atoms with Crippen LogP contribution in [0.5, 0.6) is 17.2 Å². The first kappa shape index (κ1) is 24.2. The van der Waals surface area contributed by atoms with E-state index in [0.717, 1.165) is 0 Å². The van der Waals surface area contributed by atoms with E-state index >= 15 is 0 Å². The Kier molecular flexibility index (Phi) is 5.57. The number of aliphatic hydroxyl groups is 2. The number of carboxylic acids is 1. The van der Waals surface area contributed by atoms with Crippen LogP contribution in [-0.2, 0) is 15.1 Å². The third-order valence-electron chi connectivity index (χ3n) is 8.15. The van der Waals surface area contributed by atoms with Crippen molar-refractivity contribution in [2.45, 2.75) is 36.6 Å². The molecule has 0 spiro atoms. The van der Waals surface area contributed by atoms with Crippen LogP contribution in [0, 0.1) is 11.3 Å². The summed E-state index contributed by atoms with van der Waals surface area (Å²) in [4.78, 5) is 12.7. The van der Waals surface area contributed by atoms with E-state index < -0.39 is 40.5 Å². The smallest absolute Gasteiger partial charge is 0.310 e. The minimum absolute atomic E-state index is 0.208. The second-order valence-corrected chi connectivity index (χ2v) is 9.77. The molecule has 2 aliphatic carbocycles. The van der Waals surface area contributed by atoms with Crippen molar-refractivity contribution in [3.63, 3.8) is 0 Å². The van der Waals surface area contributed by atoms with Gasteiger partial charge in [0.1, 0.15) is 29.1 Å². The zero-order valence-corrected chi connectivity index (χ0v) is 20.6. The highest BCUT2D eigenvalue weighted by Crippen LogP contribution is 2.72.